The Bertz CT molecular complexity index is 673. The van der Waals surface area contributed by atoms with Crippen LogP contribution in [0.3, 0.4) is 0 Å². The third kappa shape index (κ3) is 6.03. The molecule has 0 fully saturated rings. The molecule has 0 aromatic heterocycles. The summed E-state index contributed by atoms with van der Waals surface area (Å²) in [5.74, 6) is 0. The van der Waals surface area contributed by atoms with Crippen LogP contribution in [-0.4, -0.2) is 37.3 Å². The fourth-order valence-corrected chi connectivity index (χ4v) is 4.11. The van der Waals surface area contributed by atoms with Crippen LogP contribution >= 0.6 is 0 Å². The van der Waals surface area contributed by atoms with Crippen LogP contribution in [0.2, 0.25) is 0 Å². The first-order chi connectivity index (χ1) is 9.66. The summed E-state index contributed by atoms with van der Waals surface area (Å²) in [7, 11) is -3.91. The van der Waals surface area contributed by atoms with E-state index in [-0.39, 0.29) is 0 Å². The van der Waals surface area contributed by atoms with Gasteiger partial charge in [-0.2, -0.15) is 8.42 Å². The van der Waals surface area contributed by atoms with Crippen LogP contribution in [0.1, 0.15) is 25.3 Å². The van der Waals surface area contributed by atoms with Gasteiger partial charge in [-0.05, 0) is 30.5 Å². The molecule has 1 unspecified atom stereocenters. The summed E-state index contributed by atoms with van der Waals surface area (Å²) in [6, 6.07) is 7.13. The number of hydrogen-bond donors (Lipinski definition) is 1. The van der Waals surface area contributed by atoms with Gasteiger partial charge in [0.15, 0.2) is 0 Å². The molecule has 0 aliphatic rings. The van der Waals surface area contributed by atoms with Gasteiger partial charge in [0.1, 0.15) is 9.92 Å². The van der Waals surface area contributed by atoms with Crippen LogP contribution in [-0.2, 0) is 26.5 Å². The first kappa shape index (κ1) is 17.9. The van der Waals surface area contributed by atoms with Crippen molar-refractivity contribution in [2.45, 2.75) is 26.2 Å². The smallest absolute Gasteiger partial charge is 0.265 e. The molecular weight excluding hydrogens is 310 g/mol. The predicted molar refractivity (Wildman–Crippen MR) is 87.8 cm³/mol. The Balaban J connectivity index is 2.88. The summed E-state index contributed by atoms with van der Waals surface area (Å²) in [4.78, 5) is 0. The van der Waals surface area contributed by atoms with Crippen molar-refractivity contribution in [1.29, 1.82) is 0 Å². The molecule has 1 atom stereocenters. The van der Waals surface area contributed by atoms with E-state index in [1.807, 2.05) is 12.1 Å². The van der Waals surface area contributed by atoms with Gasteiger partial charge >= 0.3 is 10.2 Å². The normalized spacial score (nSPS) is 14.7. The van der Waals surface area contributed by atoms with E-state index in [4.69, 9.17) is 0 Å². The van der Waals surface area contributed by atoms with Gasteiger partial charge in [0, 0.05) is 20.4 Å². The Kier molecular flexibility index (Phi) is 6.18. The molecule has 0 bridgehead atoms. The first-order valence-electron chi connectivity index (χ1n) is 6.69. The average Bonchev–Trinajstić information content (AvgIpc) is 2.36. The number of unbranched alkanes of at least 4 members (excludes halogenated alkanes) is 1. The van der Waals surface area contributed by atoms with E-state index in [0.717, 1.165) is 24.8 Å². The molecule has 6 nitrogen and oxygen atoms in total. The quantitative estimate of drug-likeness (QED) is 0.831. The molecule has 1 aromatic carbocycles. The van der Waals surface area contributed by atoms with Crippen LogP contribution in [0.4, 0.5) is 5.69 Å². The van der Waals surface area contributed by atoms with Crippen LogP contribution < -0.4 is 4.72 Å². The highest BCUT2D eigenvalue weighted by molar-refractivity contribution is 8.02. The highest BCUT2D eigenvalue weighted by atomic mass is 32.3. The van der Waals surface area contributed by atoms with E-state index >= 15 is 0 Å². The number of benzene rings is 1. The monoisotopic (exact) mass is 333 g/mol. The van der Waals surface area contributed by atoms with Crippen molar-refractivity contribution in [2.75, 3.05) is 25.1 Å². The zero-order chi connectivity index (χ0) is 16.1. The topological polar surface area (TPSA) is 78.8 Å². The largest absolute Gasteiger partial charge is 0.351 e. The van der Waals surface area contributed by atoms with Crippen LogP contribution in [0.25, 0.3) is 0 Å². The molecule has 0 aliphatic heterocycles. The van der Waals surface area contributed by atoms with E-state index in [1.165, 1.54) is 24.7 Å². The lowest BCUT2D eigenvalue weighted by atomic mass is 10.1. The maximum absolute atomic E-state index is 12.0. The SMILES string of the molecule is CCCCc1ccc(NS(=O)(=O)N=S(C)(=O)N(C)C)cc1. The molecule has 0 saturated carbocycles. The molecule has 8 heteroatoms. The Morgan fingerprint density at radius 3 is 2.19 bits per heavy atom. The van der Waals surface area contributed by atoms with Crippen molar-refractivity contribution in [2.24, 2.45) is 3.77 Å². The maximum Gasteiger partial charge on any atom is 0.351 e. The van der Waals surface area contributed by atoms with Gasteiger partial charge < -0.3 is 0 Å². The molecule has 1 N–H and O–H groups in total. The lowest BCUT2D eigenvalue weighted by molar-refractivity contribution is 0.591. The maximum atomic E-state index is 12.0. The molecule has 1 rings (SSSR count). The molecular formula is C13H23N3O3S2. The van der Waals surface area contributed by atoms with Crippen molar-refractivity contribution in [3.05, 3.63) is 29.8 Å². The van der Waals surface area contributed by atoms with E-state index in [0.29, 0.717) is 5.69 Å². The van der Waals surface area contributed by atoms with Crippen molar-refractivity contribution in [1.82, 2.24) is 4.31 Å². The van der Waals surface area contributed by atoms with Gasteiger partial charge in [-0.15, -0.1) is 0 Å². The third-order valence-corrected chi connectivity index (χ3v) is 6.67. The second kappa shape index (κ2) is 7.24. The highest BCUT2D eigenvalue weighted by Gasteiger charge is 2.14. The number of hydrogen-bond acceptors (Lipinski definition) is 3. The van der Waals surface area contributed by atoms with Crippen molar-refractivity contribution in [3.8, 4) is 0 Å². The Labute approximate surface area is 128 Å². The van der Waals surface area contributed by atoms with Crippen molar-refractivity contribution >= 4 is 25.8 Å². The molecule has 0 heterocycles. The fraction of sp³-hybridized carbons (Fsp3) is 0.538. The molecule has 0 radical (unpaired) electrons. The van der Waals surface area contributed by atoms with Crippen LogP contribution in [0.15, 0.2) is 28.0 Å². The molecule has 21 heavy (non-hydrogen) atoms. The summed E-state index contributed by atoms with van der Waals surface area (Å²) < 4.78 is 42.8. The molecule has 0 saturated heterocycles. The Hall–Kier alpha value is -1.12. The van der Waals surface area contributed by atoms with E-state index < -0.39 is 20.1 Å². The minimum absolute atomic E-state index is 0.410. The second-order valence-electron chi connectivity index (χ2n) is 5.03. The number of nitrogens with one attached hydrogen (secondary N) is 1. The summed E-state index contributed by atoms with van der Waals surface area (Å²) in [6.45, 7) is 2.12. The first-order valence-corrected chi connectivity index (χ1v) is 10.0. The zero-order valence-corrected chi connectivity index (χ0v) is 14.5. The van der Waals surface area contributed by atoms with Gasteiger partial charge in [-0.3, -0.25) is 4.72 Å². The van der Waals surface area contributed by atoms with Gasteiger partial charge in [0.25, 0.3) is 0 Å². The lowest BCUT2D eigenvalue weighted by Gasteiger charge is -2.12. The summed E-state index contributed by atoms with van der Waals surface area (Å²) in [5.41, 5.74) is 1.57. The molecule has 1 aromatic rings. The zero-order valence-electron chi connectivity index (χ0n) is 12.9. The minimum atomic E-state index is -4.01. The predicted octanol–water partition coefficient (Wildman–Crippen LogP) is 2.26. The Morgan fingerprint density at radius 1 is 1.14 bits per heavy atom. The molecule has 0 spiro atoms. The Morgan fingerprint density at radius 2 is 1.71 bits per heavy atom. The lowest BCUT2D eigenvalue weighted by Crippen LogP contribution is -2.23. The van der Waals surface area contributed by atoms with E-state index in [1.54, 1.807) is 12.1 Å². The standard InChI is InChI=1S/C13H23N3O3S2/c1-5-6-7-12-8-10-13(11-9-12)14-21(18,19)15-20(4,17)16(2)3/h8-11,14H,5-7H2,1-4H3. The number of rotatable bonds is 7. The van der Waals surface area contributed by atoms with Crippen LogP contribution in [0, 0.1) is 0 Å². The molecule has 0 amide bonds. The average molecular weight is 333 g/mol. The van der Waals surface area contributed by atoms with E-state index in [9.17, 15) is 12.6 Å². The van der Waals surface area contributed by atoms with Crippen molar-refractivity contribution < 1.29 is 12.6 Å². The second-order valence-corrected chi connectivity index (χ2v) is 9.03. The summed E-state index contributed by atoms with van der Waals surface area (Å²) >= 11 is 0. The highest BCUT2D eigenvalue weighted by Crippen LogP contribution is 2.14. The number of anilines is 1. The number of aryl methyl sites for hydroxylation is 1. The fourth-order valence-electron chi connectivity index (χ4n) is 1.54. The van der Waals surface area contributed by atoms with Gasteiger partial charge in [-0.25, -0.2) is 8.51 Å². The molecule has 120 valence electrons. The molecule has 0 aliphatic carbocycles. The van der Waals surface area contributed by atoms with E-state index in [2.05, 4.69) is 15.4 Å². The van der Waals surface area contributed by atoms with Gasteiger partial charge in [0.05, 0.1) is 5.69 Å². The van der Waals surface area contributed by atoms with Gasteiger partial charge in [0.2, 0.25) is 0 Å². The minimum Gasteiger partial charge on any atom is -0.265 e. The third-order valence-electron chi connectivity index (χ3n) is 2.93. The van der Waals surface area contributed by atoms with Crippen molar-refractivity contribution in [3.63, 3.8) is 0 Å². The summed E-state index contributed by atoms with van der Waals surface area (Å²) in [6.07, 6.45) is 4.46. The summed E-state index contributed by atoms with van der Waals surface area (Å²) in [5, 5.41) is 0. The van der Waals surface area contributed by atoms with Crippen LogP contribution in [0.5, 0.6) is 0 Å². The van der Waals surface area contributed by atoms with Gasteiger partial charge in [-0.1, -0.05) is 29.2 Å². The number of nitrogens with zero attached hydrogens (tertiary/aromatic N) is 2.